The number of amides is 6. The molecule has 3 atom stereocenters. The van der Waals surface area contributed by atoms with Crippen LogP contribution < -0.4 is 10.6 Å². The lowest BCUT2D eigenvalue weighted by Crippen LogP contribution is -2.62. The summed E-state index contributed by atoms with van der Waals surface area (Å²) in [6.07, 6.45) is 1.75. The van der Waals surface area contributed by atoms with Gasteiger partial charge < -0.3 is 30.2 Å². The highest BCUT2D eigenvalue weighted by atomic mass is 35.5. The maximum atomic E-state index is 14.1. The first kappa shape index (κ1) is 39.7. The van der Waals surface area contributed by atoms with Gasteiger partial charge in [-0.2, -0.15) is 5.21 Å². The van der Waals surface area contributed by atoms with Gasteiger partial charge in [-0.15, -0.1) is 22.0 Å². The topological polar surface area (TPSA) is 231 Å². The molecule has 6 amide bonds. The van der Waals surface area contributed by atoms with Crippen molar-refractivity contribution in [3.8, 4) is 11.5 Å². The Bertz CT molecular complexity index is 2110. The fourth-order valence-electron chi connectivity index (χ4n) is 8.02. The van der Waals surface area contributed by atoms with E-state index >= 15 is 0 Å². The molecule has 4 aliphatic heterocycles. The van der Waals surface area contributed by atoms with Gasteiger partial charge in [-0.1, -0.05) is 41.9 Å². The van der Waals surface area contributed by atoms with Gasteiger partial charge in [0.1, 0.15) is 12.6 Å². The molecule has 0 spiro atoms. The molecule has 18 nitrogen and oxygen atoms in total. The molecule has 3 aromatic rings. The molecule has 300 valence electrons. The number of tetrazole rings is 1. The first-order valence-electron chi connectivity index (χ1n) is 18.7. The molecule has 0 saturated carbocycles. The molecule has 7 rings (SSSR count). The Kier molecular flexibility index (Phi) is 11.5. The van der Waals surface area contributed by atoms with Crippen molar-refractivity contribution in [1.29, 1.82) is 0 Å². The third-order valence-electron chi connectivity index (χ3n) is 11.0. The van der Waals surface area contributed by atoms with Gasteiger partial charge >= 0.3 is 17.8 Å². The Morgan fingerprint density at radius 2 is 1.81 bits per heavy atom. The van der Waals surface area contributed by atoms with Crippen molar-refractivity contribution in [1.82, 2.24) is 46.0 Å². The molecule has 5 heterocycles. The van der Waals surface area contributed by atoms with Crippen molar-refractivity contribution in [3.05, 3.63) is 70.0 Å². The number of likely N-dealkylation sites (N-methyl/N-ethyl adjacent to an activating group) is 1. The molecule has 3 saturated heterocycles. The Labute approximate surface area is 336 Å². The zero-order chi connectivity index (χ0) is 40.4. The van der Waals surface area contributed by atoms with Crippen molar-refractivity contribution >= 4 is 64.5 Å². The van der Waals surface area contributed by atoms with Crippen molar-refractivity contribution in [2.45, 2.75) is 37.6 Å². The molecule has 2 aromatic carbocycles. The number of carbonyl (C=O) groups excluding carboxylic acids is 6. The summed E-state index contributed by atoms with van der Waals surface area (Å²) in [6.45, 7) is 5.30. The number of phenolic OH excluding ortho intramolecular Hbond substituents is 2. The number of H-pyrrole nitrogens is 1. The summed E-state index contributed by atoms with van der Waals surface area (Å²) < 4.78 is 0.626. The van der Waals surface area contributed by atoms with Crippen LogP contribution in [0.5, 0.6) is 11.5 Å². The van der Waals surface area contributed by atoms with Crippen LogP contribution in [0.25, 0.3) is 5.70 Å². The number of aromatic nitrogens is 4. The second-order valence-corrected chi connectivity index (χ2v) is 15.9. The van der Waals surface area contributed by atoms with Crippen molar-refractivity contribution in [2.24, 2.45) is 5.92 Å². The number of likely N-dealkylation sites (tertiary alicyclic amines) is 1. The minimum atomic E-state index is -1.18. The van der Waals surface area contributed by atoms with E-state index in [4.69, 9.17) is 11.6 Å². The van der Waals surface area contributed by atoms with Gasteiger partial charge in [-0.05, 0) is 29.8 Å². The fraction of sp³-hybridized carbons (Fsp3) is 0.432. The number of fused-ring (bicyclic) bond motifs is 1. The number of ketones is 1. The molecule has 0 radical (unpaired) electrons. The van der Waals surface area contributed by atoms with Gasteiger partial charge in [-0.25, -0.2) is 4.79 Å². The van der Waals surface area contributed by atoms with Crippen LogP contribution in [0.4, 0.5) is 4.79 Å². The summed E-state index contributed by atoms with van der Waals surface area (Å²) >= 11 is 7.64. The zero-order valence-electron chi connectivity index (χ0n) is 31.0. The SMILES string of the molecule is CCN1CCN(C(=O)N[C@@H](C(=O)C[C@@H]2C(=O)N3C(c4nn[nH]n4)=C(C[N+]4(CCNC(=O)c5ccc(O)c(O)c5Cl)CCCC4)CS[C@H]23)c2ccccc2)C(=O)C1=O. The number of aromatic amines is 1. The quantitative estimate of drug-likeness (QED) is 0.0718. The van der Waals surface area contributed by atoms with E-state index in [0.717, 1.165) is 36.4 Å². The van der Waals surface area contributed by atoms with Gasteiger partial charge in [0.05, 0.1) is 53.8 Å². The standard InChI is InChI=1S/C37H41ClN10O8S/c1-2-45-13-14-46(35(55)34(45)54)37(56)40-28(21-8-4-3-5-9-21)26(50)18-24-33(53)47-29(31-41-43-44-42-31)22(20-57-36(24)47)19-48(15-6-7-16-48)17-12-39-32(52)23-10-11-25(49)30(51)27(23)38/h3-5,8-11,24,28,36H,2,6-7,12-20H2,1H3,(H4-,39,40,41,42,43,44,49,51,52,54,55,56)/p+1/t24-,28-,36-/m1/s1. The fourth-order valence-corrected chi connectivity index (χ4v) is 9.67. The monoisotopic (exact) mass is 821 g/mol. The van der Waals surface area contributed by atoms with Gasteiger partial charge in [0.25, 0.3) is 5.91 Å². The van der Waals surface area contributed by atoms with E-state index in [1.165, 1.54) is 28.8 Å². The van der Waals surface area contributed by atoms with Crippen LogP contribution in [0.2, 0.25) is 5.02 Å². The van der Waals surface area contributed by atoms with Crippen molar-refractivity contribution in [2.75, 3.05) is 58.1 Å². The average Bonchev–Trinajstić information content (AvgIpc) is 3.92. The van der Waals surface area contributed by atoms with E-state index in [1.807, 2.05) is 0 Å². The summed E-state index contributed by atoms with van der Waals surface area (Å²) in [5, 5.41) is 39.3. The number of rotatable bonds is 13. The minimum Gasteiger partial charge on any atom is -0.504 e. The van der Waals surface area contributed by atoms with Crippen molar-refractivity contribution < 1.29 is 43.5 Å². The second kappa shape index (κ2) is 16.5. The number of urea groups is 1. The highest BCUT2D eigenvalue weighted by Gasteiger charge is 2.54. The van der Waals surface area contributed by atoms with Crippen LogP contribution in [0, 0.1) is 5.92 Å². The van der Waals surface area contributed by atoms with Crippen LogP contribution in [0.1, 0.15) is 54.0 Å². The summed E-state index contributed by atoms with van der Waals surface area (Å²) in [4.78, 5) is 83.6. The number of carbonyl (C=O) groups is 6. The molecule has 4 aliphatic rings. The molecule has 5 N–H and O–H groups in total. The summed E-state index contributed by atoms with van der Waals surface area (Å²) in [5.41, 5.74) is 1.96. The predicted molar refractivity (Wildman–Crippen MR) is 205 cm³/mol. The first-order chi connectivity index (χ1) is 27.4. The Balaban J connectivity index is 1.06. The Morgan fingerprint density at radius 1 is 1.05 bits per heavy atom. The van der Waals surface area contributed by atoms with Crippen molar-refractivity contribution in [3.63, 3.8) is 0 Å². The molecular formula is C37H42ClN10O8S+. The van der Waals surface area contributed by atoms with E-state index < -0.39 is 58.4 Å². The van der Waals surface area contributed by atoms with Gasteiger partial charge in [0, 0.05) is 50.2 Å². The third kappa shape index (κ3) is 7.78. The smallest absolute Gasteiger partial charge is 0.325 e. The number of halogens is 1. The zero-order valence-corrected chi connectivity index (χ0v) is 32.6. The molecule has 0 unspecified atom stereocenters. The predicted octanol–water partition coefficient (Wildman–Crippen LogP) is 1.65. The summed E-state index contributed by atoms with van der Waals surface area (Å²) in [6, 6.07) is 9.04. The van der Waals surface area contributed by atoms with E-state index in [1.54, 1.807) is 42.2 Å². The van der Waals surface area contributed by atoms with Crippen LogP contribution >= 0.6 is 23.4 Å². The molecule has 20 heteroatoms. The average molecular weight is 822 g/mol. The number of hydrogen-bond donors (Lipinski definition) is 5. The number of piperazine rings is 1. The number of nitrogens with one attached hydrogen (secondary N) is 3. The minimum absolute atomic E-state index is 0.0169. The maximum absolute atomic E-state index is 14.1. The number of β-lactam (4-membered cyclic amide) rings is 1. The van der Waals surface area contributed by atoms with Gasteiger partial charge in [-0.3, -0.25) is 33.8 Å². The number of thioether (sulfide) groups is 1. The van der Waals surface area contributed by atoms with Gasteiger partial charge in [0.15, 0.2) is 17.3 Å². The lowest BCUT2D eigenvalue weighted by atomic mass is 9.87. The largest absolute Gasteiger partial charge is 0.504 e. The molecule has 0 aliphatic carbocycles. The van der Waals surface area contributed by atoms with Crippen LogP contribution in [0.15, 0.2) is 48.0 Å². The number of imide groups is 1. The molecule has 57 heavy (non-hydrogen) atoms. The molecule has 1 aromatic heterocycles. The number of nitrogens with zero attached hydrogens (tertiary/aromatic N) is 7. The number of quaternary nitrogens is 1. The lowest BCUT2D eigenvalue weighted by molar-refractivity contribution is -0.911. The first-order valence-corrected chi connectivity index (χ1v) is 20.1. The lowest BCUT2D eigenvalue weighted by Gasteiger charge is -2.50. The number of Topliss-reactive ketones (excluding diaryl/α,β-unsaturated/α-hetero) is 1. The van der Waals surface area contributed by atoms with E-state index in [9.17, 15) is 39.0 Å². The van der Waals surface area contributed by atoms with Crippen LogP contribution in [-0.2, 0) is 19.2 Å². The number of phenols is 2. The van der Waals surface area contributed by atoms with E-state index in [-0.39, 0.29) is 41.8 Å². The summed E-state index contributed by atoms with van der Waals surface area (Å²) in [5.74, 6) is -3.94. The van der Waals surface area contributed by atoms with Crippen LogP contribution in [0.3, 0.4) is 0 Å². The van der Waals surface area contributed by atoms with E-state index in [2.05, 4.69) is 31.3 Å². The summed E-state index contributed by atoms with van der Waals surface area (Å²) in [7, 11) is 0. The van der Waals surface area contributed by atoms with E-state index in [0.29, 0.717) is 47.7 Å². The second-order valence-electron chi connectivity index (χ2n) is 14.4. The van der Waals surface area contributed by atoms with Crippen LogP contribution in [-0.4, -0.2) is 149 Å². The number of hydrogen-bond acceptors (Lipinski definition) is 12. The Hall–Kier alpha value is -5.53. The molecular weight excluding hydrogens is 780 g/mol. The normalized spacial score (nSPS) is 20.9. The Morgan fingerprint density at radius 3 is 2.51 bits per heavy atom. The molecule has 0 bridgehead atoms. The van der Waals surface area contributed by atoms with Gasteiger partial charge in [0.2, 0.25) is 11.7 Å². The molecule has 3 fully saturated rings. The third-order valence-corrected chi connectivity index (χ3v) is 12.8. The number of aromatic hydroxyl groups is 2. The number of benzene rings is 2. The highest BCUT2D eigenvalue weighted by Crippen LogP contribution is 2.48. The highest BCUT2D eigenvalue weighted by molar-refractivity contribution is 8.00. The maximum Gasteiger partial charge on any atom is 0.325 e.